The van der Waals surface area contributed by atoms with Crippen LogP contribution < -0.4 is 16.2 Å². The summed E-state index contributed by atoms with van der Waals surface area (Å²) >= 11 is 3.41. The van der Waals surface area contributed by atoms with Crippen molar-refractivity contribution >= 4 is 45.0 Å². The molecule has 2 N–H and O–H groups in total. The summed E-state index contributed by atoms with van der Waals surface area (Å²) in [7, 11) is 3.75. The zero-order chi connectivity index (χ0) is 22.7. The van der Waals surface area contributed by atoms with Gasteiger partial charge in [-0.25, -0.2) is 4.98 Å². The predicted molar refractivity (Wildman–Crippen MR) is 128 cm³/mol. The molecule has 3 aromatic rings. The molecule has 10 heteroatoms. The Hall–Kier alpha value is -3.24. The molecule has 32 heavy (non-hydrogen) atoms. The van der Waals surface area contributed by atoms with E-state index in [1.54, 1.807) is 43.7 Å². The van der Waals surface area contributed by atoms with Gasteiger partial charge in [0.25, 0.3) is 11.5 Å². The molecule has 3 heterocycles. The lowest BCUT2D eigenvalue weighted by Gasteiger charge is -2.32. The molecule has 0 aliphatic carbocycles. The van der Waals surface area contributed by atoms with Crippen LogP contribution in [0.1, 0.15) is 10.4 Å². The minimum atomic E-state index is -0.159. The molecule has 0 spiro atoms. The van der Waals surface area contributed by atoms with Crippen molar-refractivity contribution in [2.75, 3.05) is 43.9 Å². The zero-order valence-electron chi connectivity index (χ0n) is 17.9. The van der Waals surface area contributed by atoms with Crippen LogP contribution >= 0.6 is 15.9 Å². The molecule has 1 aromatic carbocycles. The number of piperazine rings is 1. The van der Waals surface area contributed by atoms with E-state index in [1.807, 2.05) is 17.0 Å². The van der Waals surface area contributed by atoms with Gasteiger partial charge in [-0.2, -0.15) is 4.98 Å². The van der Waals surface area contributed by atoms with Gasteiger partial charge in [0.15, 0.2) is 5.82 Å². The fourth-order valence-corrected chi connectivity index (χ4v) is 3.64. The maximum absolute atomic E-state index is 12.7. The average molecular weight is 498 g/mol. The number of aryl methyl sites for hydroxylation is 1. The Morgan fingerprint density at radius 2 is 1.75 bits per heavy atom. The summed E-state index contributed by atoms with van der Waals surface area (Å²) in [5.74, 6) is 0.870. The van der Waals surface area contributed by atoms with Crippen molar-refractivity contribution in [2.45, 2.75) is 0 Å². The highest BCUT2D eigenvalue weighted by Gasteiger charge is 2.20. The lowest BCUT2D eigenvalue weighted by Crippen LogP contribution is -2.47. The highest BCUT2D eigenvalue weighted by molar-refractivity contribution is 9.10. The minimum Gasteiger partial charge on any atom is -0.336 e. The van der Waals surface area contributed by atoms with Crippen LogP contribution in [0.4, 0.5) is 23.1 Å². The molecule has 1 fully saturated rings. The van der Waals surface area contributed by atoms with Gasteiger partial charge in [-0.15, -0.1) is 0 Å². The number of amides is 1. The Bertz CT molecular complexity index is 1170. The van der Waals surface area contributed by atoms with Crippen molar-refractivity contribution in [3.63, 3.8) is 0 Å². The van der Waals surface area contributed by atoms with E-state index < -0.39 is 0 Å². The molecule has 1 amide bonds. The van der Waals surface area contributed by atoms with Gasteiger partial charge >= 0.3 is 0 Å². The van der Waals surface area contributed by atoms with E-state index in [0.29, 0.717) is 27.5 Å². The number of rotatable bonds is 5. The number of carbonyl (C=O) groups is 1. The van der Waals surface area contributed by atoms with Crippen molar-refractivity contribution in [3.05, 3.63) is 69.2 Å². The summed E-state index contributed by atoms with van der Waals surface area (Å²) in [4.78, 5) is 37.8. The Balaban J connectivity index is 1.46. The fourth-order valence-electron chi connectivity index (χ4n) is 3.35. The smallest absolute Gasteiger partial charge is 0.274 e. The first kappa shape index (κ1) is 22.0. The van der Waals surface area contributed by atoms with Crippen LogP contribution in [0.15, 0.2) is 58.1 Å². The van der Waals surface area contributed by atoms with Gasteiger partial charge in [0.1, 0.15) is 5.69 Å². The summed E-state index contributed by atoms with van der Waals surface area (Å²) < 4.78 is 2.11. The van der Waals surface area contributed by atoms with Crippen molar-refractivity contribution in [2.24, 2.45) is 7.05 Å². The molecule has 0 saturated carbocycles. The number of nitrogens with zero attached hydrogens (tertiary/aromatic N) is 5. The number of carbonyl (C=O) groups excluding carboxylic acids is 1. The lowest BCUT2D eigenvalue weighted by atomic mass is 10.1. The van der Waals surface area contributed by atoms with Crippen LogP contribution in [0.2, 0.25) is 0 Å². The highest BCUT2D eigenvalue weighted by Crippen LogP contribution is 2.24. The predicted octanol–water partition coefficient (Wildman–Crippen LogP) is 2.81. The molecule has 1 saturated heterocycles. The van der Waals surface area contributed by atoms with Gasteiger partial charge in [-0.05, 0) is 59.4 Å². The summed E-state index contributed by atoms with van der Waals surface area (Å²) in [6.07, 6.45) is 3.30. The Kier molecular flexibility index (Phi) is 6.52. The Labute approximate surface area is 194 Å². The standard InChI is InChI=1S/C22H24BrN7O2/c1-28-10-12-30(13-11-28)20(31)15-5-7-16(8-6-15)25-22-24-14-17(23)19(27-22)26-18-4-3-9-29(2)21(18)32/h3-9,14H,10-13H2,1-2H3,(H2,24,25,26,27). The molecular weight excluding hydrogens is 474 g/mol. The summed E-state index contributed by atoms with van der Waals surface area (Å²) in [6.45, 7) is 3.25. The Morgan fingerprint density at radius 1 is 1.03 bits per heavy atom. The average Bonchev–Trinajstić information content (AvgIpc) is 2.79. The van der Waals surface area contributed by atoms with E-state index in [2.05, 4.69) is 48.5 Å². The topological polar surface area (TPSA) is 95.4 Å². The number of likely N-dealkylation sites (N-methyl/N-ethyl adjacent to an activating group) is 1. The van der Waals surface area contributed by atoms with E-state index in [1.165, 1.54) is 4.57 Å². The maximum Gasteiger partial charge on any atom is 0.274 e. The van der Waals surface area contributed by atoms with Gasteiger partial charge in [-0.3, -0.25) is 9.59 Å². The van der Waals surface area contributed by atoms with E-state index in [4.69, 9.17) is 0 Å². The second-order valence-electron chi connectivity index (χ2n) is 7.65. The quantitative estimate of drug-likeness (QED) is 0.559. The minimum absolute atomic E-state index is 0.0421. The molecule has 0 bridgehead atoms. The van der Waals surface area contributed by atoms with Crippen LogP contribution in [0.3, 0.4) is 0 Å². The van der Waals surface area contributed by atoms with Crippen molar-refractivity contribution in [1.82, 2.24) is 24.3 Å². The van der Waals surface area contributed by atoms with E-state index >= 15 is 0 Å². The van der Waals surface area contributed by atoms with Gasteiger partial charge in [0.05, 0.1) is 4.47 Å². The molecule has 4 rings (SSSR count). The first-order chi connectivity index (χ1) is 15.4. The van der Waals surface area contributed by atoms with Gasteiger partial charge in [-0.1, -0.05) is 0 Å². The SMILES string of the molecule is CN1CCN(C(=O)c2ccc(Nc3ncc(Br)c(Nc4cccn(C)c4=O)n3)cc2)CC1. The second-order valence-corrected chi connectivity index (χ2v) is 8.51. The highest BCUT2D eigenvalue weighted by atomic mass is 79.9. The molecule has 1 aliphatic heterocycles. The van der Waals surface area contributed by atoms with Crippen LogP contribution in [0.25, 0.3) is 0 Å². The van der Waals surface area contributed by atoms with E-state index in [0.717, 1.165) is 31.9 Å². The van der Waals surface area contributed by atoms with Crippen molar-refractivity contribution in [3.8, 4) is 0 Å². The molecule has 0 radical (unpaired) electrons. The van der Waals surface area contributed by atoms with Crippen LogP contribution in [-0.2, 0) is 7.05 Å². The summed E-state index contributed by atoms with van der Waals surface area (Å²) in [5, 5.41) is 6.18. The first-order valence-corrected chi connectivity index (χ1v) is 11.0. The van der Waals surface area contributed by atoms with Crippen molar-refractivity contribution < 1.29 is 4.79 Å². The summed E-state index contributed by atoms with van der Waals surface area (Å²) in [6, 6.07) is 10.7. The van der Waals surface area contributed by atoms with Crippen LogP contribution in [-0.4, -0.2) is 63.5 Å². The first-order valence-electron chi connectivity index (χ1n) is 10.2. The monoisotopic (exact) mass is 497 g/mol. The van der Waals surface area contributed by atoms with E-state index in [9.17, 15) is 9.59 Å². The Morgan fingerprint density at radius 3 is 2.47 bits per heavy atom. The molecule has 9 nitrogen and oxygen atoms in total. The maximum atomic E-state index is 12.7. The number of benzene rings is 1. The van der Waals surface area contributed by atoms with Crippen LogP contribution in [0.5, 0.6) is 0 Å². The number of anilines is 4. The molecule has 2 aromatic heterocycles. The van der Waals surface area contributed by atoms with Crippen molar-refractivity contribution in [1.29, 1.82) is 0 Å². The normalized spacial score (nSPS) is 14.3. The fraction of sp³-hybridized carbons (Fsp3) is 0.273. The third-order valence-electron chi connectivity index (χ3n) is 5.30. The van der Waals surface area contributed by atoms with E-state index in [-0.39, 0.29) is 11.5 Å². The lowest BCUT2D eigenvalue weighted by molar-refractivity contribution is 0.0664. The molecule has 0 unspecified atom stereocenters. The number of hydrogen-bond acceptors (Lipinski definition) is 7. The third kappa shape index (κ3) is 4.97. The largest absolute Gasteiger partial charge is 0.336 e. The molecule has 166 valence electrons. The summed E-state index contributed by atoms with van der Waals surface area (Å²) in [5.41, 5.74) is 1.66. The molecular formula is C22H24BrN7O2. The zero-order valence-corrected chi connectivity index (χ0v) is 19.5. The van der Waals surface area contributed by atoms with Crippen LogP contribution in [0, 0.1) is 0 Å². The molecule has 1 aliphatic rings. The third-order valence-corrected chi connectivity index (χ3v) is 5.88. The second kappa shape index (κ2) is 9.49. The van der Waals surface area contributed by atoms with Gasteiger partial charge in [0.2, 0.25) is 5.95 Å². The number of pyridine rings is 1. The number of nitrogens with one attached hydrogen (secondary N) is 2. The molecule has 0 atom stereocenters. The number of halogens is 1. The van der Waals surface area contributed by atoms with Gasteiger partial charge in [0, 0.05) is 56.9 Å². The number of aromatic nitrogens is 3. The van der Waals surface area contributed by atoms with Gasteiger partial charge < -0.3 is 25.0 Å². The number of hydrogen-bond donors (Lipinski definition) is 2.